The summed E-state index contributed by atoms with van der Waals surface area (Å²) in [5.41, 5.74) is 1.17. The number of benzene rings is 1. The molecule has 1 aromatic carbocycles. The Morgan fingerprint density at radius 1 is 1.25 bits per heavy atom. The first-order valence-electron chi connectivity index (χ1n) is 5.81. The Kier molecular flexibility index (Phi) is 4.57. The van der Waals surface area contributed by atoms with E-state index < -0.39 is 11.8 Å². The number of halogens is 3. The van der Waals surface area contributed by atoms with Crippen LogP contribution in [0.5, 0.6) is 0 Å². The second-order valence-corrected chi connectivity index (χ2v) is 4.69. The normalized spacial score (nSPS) is 10.4. The van der Waals surface area contributed by atoms with Gasteiger partial charge >= 0.3 is 5.97 Å². The van der Waals surface area contributed by atoms with Crippen molar-refractivity contribution in [2.45, 2.75) is 6.92 Å². The first-order chi connectivity index (χ1) is 9.51. The number of carbonyl (C=O) groups is 1. The average Bonchev–Trinajstić information content (AvgIpc) is 2.37. The minimum Gasteiger partial charge on any atom is -0.462 e. The van der Waals surface area contributed by atoms with E-state index in [0.717, 1.165) is 6.07 Å². The van der Waals surface area contributed by atoms with Crippen molar-refractivity contribution in [1.82, 2.24) is 4.98 Å². The molecule has 0 aliphatic rings. The van der Waals surface area contributed by atoms with Crippen molar-refractivity contribution >= 4 is 29.2 Å². The zero-order chi connectivity index (χ0) is 14.7. The second-order valence-electron chi connectivity index (χ2n) is 3.91. The summed E-state index contributed by atoms with van der Waals surface area (Å²) in [5, 5.41) is 0.373. The summed E-state index contributed by atoms with van der Waals surface area (Å²) in [6.45, 7) is 1.88. The largest absolute Gasteiger partial charge is 0.462 e. The molecule has 0 N–H and O–H groups in total. The van der Waals surface area contributed by atoms with E-state index in [0.29, 0.717) is 11.1 Å². The second kappa shape index (κ2) is 6.20. The molecule has 0 fully saturated rings. The SMILES string of the molecule is CCOC(=O)c1cc(F)ccc1-c1cc(Cl)nc(Cl)c1. The summed E-state index contributed by atoms with van der Waals surface area (Å²) >= 11 is 11.7. The van der Waals surface area contributed by atoms with Crippen LogP contribution in [0.15, 0.2) is 30.3 Å². The highest BCUT2D eigenvalue weighted by molar-refractivity contribution is 6.32. The molecule has 2 rings (SSSR count). The van der Waals surface area contributed by atoms with E-state index in [1.54, 1.807) is 19.1 Å². The number of nitrogens with zero attached hydrogens (tertiary/aromatic N) is 1. The summed E-state index contributed by atoms with van der Waals surface area (Å²) in [6.07, 6.45) is 0. The fourth-order valence-corrected chi connectivity index (χ4v) is 2.23. The maximum Gasteiger partial charge on any atom is 0.338 e. The fraction of sp³-hybridized carbons (Fsp3) is 0.143. The number of hydrogen-bond donors (Lipinski definition) is 0. The van der Waals surface area contributed by atoms with Crippen LogP contribution >= 0.6 is 23.2 Å². The molecule has 20 heavy (non-hydrogen) atoms. The van der Waals surface area contributed by atoms with Crippen LogP contribution in [0.25, 0.3) is 11.1 Å². The molecule has 1 aromatic heterocycles. The summed E-state index contributed by atoms with van der Waals surface area (Å²) in [7, 11) is 0. The van der Waals surface area contributed by atoms with Gasteiger partial charge < -0.3 is 4.74 Å². The molecule has 6 heteroatoms. The van der Waals surface area contributed by atoms with Gasteiger partial charge in [0.25, 0.3) is 0 Å². The van der Waals surface area contributed by atoms with Crippen LogP contribution in [0.2, 0.25) is 10.3 Å². The maximum absolute atomic E-state index is 13.3. The van der Waals surface area contributed by atoms with Crippen molar-refractivity contribution in [3.63, 3.8) is 0 Å². The van der Waals surface area contributed by atoms with Crippen LogP contribution in [-0.4, -0.2) is 17.6 Å². The van der Waals surface area contributed by atoms with E-state index in [9.17, 15) is 9.18 Å². The van der Waals surface area contributed by atoms with Crippen LogP contribution in [-0.2, 0) is 4.74 Å². The molecular weight excluding hydrogens is 304 g/mol. The minimum absolute atomic E-state index is 0.116. The van der Waals surface area contributed by atoms with E-state index in [-0.39, 0.29) is 22.5 Å². The lowest BCUT2D eigenvalue weighted by Gasteiger charge is -2.10. The van der Waals surface area contributed by atoms with Gasteiger partial charge in [0.1, 0.15) is 16.1 Å². The number of ether oxygens (including phenoxy) is 1. The summed E-state index contributed by atoms with van der Waals surface area (Å²) in [5.74, 6) is -1.13. The third-order valence-corrected chi connectivity index (χ3v) is 2.94. The molecular formula is C14H10Cl2FNO2. The minimum atomic E-state index is -0.606. The summed E-state index contributed by atoms with van der Waals surface area (Å²) in [6, 6.07) is 6.94. The van der Waals surface area contributed by atoms with E-state index in [1.165, 1.54) is 12.1 Å². The smallest absolute Gasteiger partial charge is 0.338 e. The molecule has 0 unspecified atom stereocenters. The monoisotopic (exact) mass is 313 g/mol. The van der Waals surface area contributed by atoms with Gasteiger partial charge in [-0.3, -0.25) is 0 Å². The number of carbonyl (C=O) groups excluding carboxylic acids is 1. The van der Waals surface area contributed by atoms with Crippen molar-refractivity contribution in [3.8, 4) is 11.1 Å². The lowest BCUT2D eigenvalue weighted by Crippen LogP contribution is -2.07. The highest BCUT2D eigenvalue weighted by Gasteiger charge is 2.16. The Hall–Kier alpha value is -1.65. The number of esters is 1. The molecule has 104 valence electrons. The van der Waals surface area contributed by atoms with Gasteiger partial charge in [0.05, 0.1) is 12.2 Å². The molecule has 0 aliphatic carbocycles. The molecule has 0 atom stereocenters. The molecule has 0 aliphatic heterocycles. The zero-order valence-corrected chi connectivity index (χ0v) is 12.0. The standard InChI is InChI=1S/C14H10Cl2FNO2/c1-2-20-14(19)11-7-9(17)3-4-10(11)8-5-12(15)18-13(16)6-8/h3-7H,2H2,1H3. The quantitative estimate of drug-likeness (QED) is 0.624. The van der Waals surface area contributed by atoms with Crippen molar-refractivity contribution in [3.05, 3.63) is 52.0 Å². The molecule has 2 aromatic rings. The number of aromatic nitrogens is 1. The lowest BCUT2D eigenvalue weighted by molar-refractivity contribution is 0.0526. The lowest BCUT2D eigenvalue weighted by atomic mass is 10.0. The van der Waals surface area contributed by atoms with Crippen LogP contribution in [0, 0.1) is 5.82 Å². The van der Waals surface area contributed by atoms with Gasteiger partial charge in [0.15, 0.2) is 0 Å². The van der Waals surface area contributed by atoms with Crippen molar-refractivity contribution in [2.24, 2.45) is 0 Å². The maximum atomic E-state index is 13.3. The van der Waals surface area contributed by atoms with E-state index >= 15 is 0 Å². The number of rotatable bonds is 3. The van der Waals surface area contributed by atoms with Gasteiger partial charge in [-0.15, -0.1) is 0 Å². The van der Waals surface area contributed by atoms with Gasteiger partial charge in [-0.1, -0.05) is 29.3 Å². The Morgan fingerprint density at radius 3 is 2.50 bits per heavy atom. The van der Waals surface area contributed by atoms with E-state index in [1.807, 2.05) is 0 Å². The molecule has 0 radical (unpaired) electrons. The van der Waals surface area contributed by atoms with Crippen molar-refractivity contribution in [1.29, 1.82) is 0 Å². The summed E-state index contributed by atoms with van der Waals surface area (Å²) in [4.78, 5) is 15.7. The molecule has 3 nitrogen and oxygen atoms in total. The third kappa shape index (κ3) is 3.26. The summed E-state index contributed by atoms with van der Waals surface area (Å²) < 4.78 is 18.3. The first-order valence-corrected chi connectivity index (χ1v) is 6.57. The molecule has 0 saturated heterocycles. The predicted octanol–water partition coefficient (Wildman–Crippen LogP) is 4.37. The van der Waals surface area contributed by atoms with Crippen LogP contribution in [0.3, 0.4) is 0 Å². The fourth-order valence-electron chi connectivity index (χ4n) is 1.77. The van der Waals surface area contributed by atoms with Gasteiger partial charge in [0.2, 0.25) is 0 Å². The molecule has 0 bridgehead atoms. The topological polar surface area (TPSA) is 39.2 Å². The highest BCUT2D eigenvalue weighted by atomic mass is 35.5. The first kappa shape index (κ1) is 14.8. The molecule has 0 spiro atoms. The number of pyridine rings is 1. The van der Waals surface area contributed by atoms with Gasteiger partial charge in [0, 0.05) is 0 Å². The zero-order valence-electron chi connectivity index (χ0n) is 10.5. The van der Waals surface area contributed by atoms with Crippen LogP contribution < -0.4 is 0 Å². The van der Waals surface area contributed by atoms with Crippen LogP contribution in [0.4, 0.5) is 4.39 Å². The average molecular weight is 314 g/mol. The Labute approximate surface area is 125 Å². The van der Waals surface area contributed by atoms with Crippen molar-refractivity contribution in [2.75, 3.05) is 6.61 Å². The van der Waals surface area contributed by atoms with Gasteiger partial charge in [-0.2, -0.15) is 0 Å². The Balaban J connectivity index is 2.58. The van der Waals surface area contributed by atoms with Crippen molar-refractivity contribution < 1.29 is 13.9 Å². The van der Waals surface area contributed by atoms with E-state index in [4.69, 9.17) is 27.9 Å². The molecule has 0 amide bonds. The van der Waals surface area contributed by atoms with Gasteiger partial charge in [-0.05, 0) is 42.3 Å². The Bertz CT molecular complexity index is 641. The van der Waals surface area contributed by atoms with Crippen LogP contribution in [0.1, 0.15) is 17.3 Å². The molecule has 0 saturated carbocycles. The number of hydrogen-bond acceptors (Lipinski definition) is 3. The Morgan fingerprint density at radius 2 is 1.90 bits per heavy atom. The van der Waals surface area contributed by atoms with Gasteiger partial charge in [-0.25, -0.2) is 14.2 Å². The van der Waals surface area contributed by atoms with E-state index in [2.05, 4.69) is 4.98 Å². The predicted molar refractivity (Wildman–Crippen MR) is 75.6 cm³/mol. The highest BCUT2D eigenvalue weighted by Crippen LogP contribution is 2.29. The third-order valence-electron chi connectivity index (χ3n) is 2.55. The molecule has 1 heterocycles.